The third kappa shape index (κ3) is 1.44. The topological polar surface area (TPSA) is 22.1 Å². The lowest BCUT2D eigenvalue weighted by Crippen LogP contribution is -2.24. The molecule has 1 saturated carbocycles. The molecule has 92 valence electrons. The van der Waals surface area contributed by atoms with E-state index in [0.29, 0.717) is 11.6 Å². The second-order valence-electron chi connectivity index (χ2n) is 4.47. The van der Waals surface area contributed by atoms with Crippen molar-refractivity contribution in [3.8, 4) is 0 Å². The van der Waals surface area contributed by atoms with Gasteiger partial charge in [-0.05, 0) is 18.6 Å². The number of nitrogens with zero attached hydrogens (tertiary/aromatic N) is 1. The third-order valence-electron chi connectivity index (χ3n) is 3.69. The van der Waals surface area contributed by atoms with Gasteiger partial charge in [-0.1, -0.05) is 23.2 Å². The van der Waals surface area contributed by atoms with E-state index < -0.39 is 17.3 Å². The number of alkyl halides is 2. The van der Waals surface area contributed by atoms with Gasteiger partial charge in [-0.2, -0.15) is 0 Å². The van der Waals surface area contributed by atoms with Crippen molar-refractivity contribution in [3.63, 3.8) is 0 Å². The maximum Gasteiger partial charge on any atom is 0.265 e. The van der Waals surface area contributed by atoms with Crippen LogP contribution in [-0.2, 0) is 10.2 Å². The quantitative estimate of drug-likeness (QED) is 0.736. The molecule has 0 N–H and O–H groups in total. The lowest BCUT2D eigenvalue weighted by atomic mass is 9.93. The van der Waals surface area contributed by atoms with Crippen molar-refractivity contribution in [1.82, 2.24) is 4.98 Å². The third-order valence-corrected chi connectivity index (χ3v) is 4.10. The first-order valence-electron chi connectivity index (χ1n) is 5.27. The van der Waals surface area contributed by atoms with Crippen LogP contribution in [0.5, 0.6) is 0 Å². The molecule has 1 aromatic rings. The van der Waals surface area contributed by atoms with Crippen LogP contribution in [-0.4, -0.2) is 24.1 Å². The summed E-state index contributed by atoms with van der Waals surface area (Å²) in [4.78, 5) is 4.01. The molecule has 2 nitrogen and oxygen atoms in total. The Balaban J connectivity index is 2.08. The van der Waals surface area contributed by atoms with Crippen LogP contribution >= 0.6 is 23.2 Å². The molecule has 2 aliphatic rings. The summed E-state index contributed by atoms with van der Waals surface area (Å²) in [6, 6.07) is 2.92. The van der Waals surface area contributed by atoms with Crippen LogP contribution in [0.1, 0.15) is 12.1 Å². The van der Waals surface area contributed by atoms with Crippen molar-refractivity contribution in [1.29, 1.82) is 0 Å². The molecule has 2 atom stereocenters. The molecule has 0 spiro atoms. The number of aromatic nitrogens is 1. The van der Waals surface area contributed by atoms with Crippen molar-refractivity contribution in [2.45, 2.75) is 17.8 Å². The maximum atomic E-state index is 13.9. The zero-order chi connectivity index (χ0) is 12.3. The van der Waals surface area contributed by atoms with E-state index in [0.717, 1.165) is 0 Å². The minimum absolute atomic E-state index is 0.0683. The Morgan fingerprint density at radius 1 is 1.35 bits per heavy atom. The van der Waals surface area contributed by atoms with Crippen molar-refractivity contribution in [2.75, 3.05) is 13.2 Å². The number of hydrogen-bond acceptors (Lipinski definition) is 2. The average molecular weight is 280 g/mol. The Morgan fingerprint density at radius 2 is 2.12 bits per heavy atom. The predicted molar refractivity (Wildman–Crippen MR) is 59.8 cm³/mol. The van der Waals surface area contributed by atoms with E-state index in [1.807, 2.05) is 0 Å². The van der Waals surface area contributed by atoms with Crippen molar-refractivity contribution in [3.05, 3.63) is 28.0 Å². The van der Waals surface area contributed by atoms with Gasteiger partial charge in [0.05, 0.1) is 23.6 Å². The fourth-order valence-corrected chi connectivity index (χ4v) is 3.20. The maximum absolute atomic E-state index is 13.9. The largest absolute Gasteiger partial charge is 0.381 e. The number of ether oxygens (including phenoxy) is 1. The molecule has 0 radical (unpaired) electrons. The van der Waals surface area contributed by atoms with Crippen molar-refractivity contribution < 1.29 is 13.5 Å². The Kier molecular flexibility index (Phi) is 2.41. The molecule has 2 unspecified atom stereocenters. The number of fused-ring (bicyclic) bond motifs is 1. The minimum Gasteiger partial charge on any atom is -0.381 e. The number of rotatable bonds is 1. The zero-order valence-corrected chi connectivity index (χ0v) is 10.2. The van der Waals surface area contributed by atoms with E-state index in [9.17, 15) is 8.78 Å². The molecular formula is C11H9Cl2F2NO. The summed E-state index contributed by atoms with van der Waals surface area (Å²) in [5.41, 5.74) is -0.937. The summed E-state index contributed by atoms with van der Waals surface area (Å²) in [6.45, 7) is 0.386. The molecule has 1 aromatic heterocycles. The molecule has 17 heavy (non-hydrogen) atoms. The van der Waals surface area contributed by atoms with E-state index in [-0.39, 0.29) is 23.9 Å². The highest BCUT2D eigenvalue weighted by Gasteiger charge is 2.82. The van der Waals surface area contributed by atoms with E-state index >= 15 is 0 Å². The molecule has 1 saturated heterocycles. The van der Waals surface area contributed by atoms with Gasteiger partial charge in [-0.3, -0.25) is 0 Å². The monoisotopic (exact) mass is 279 g/mol. The Morgan fingerprint density at radius 3 is 2.76 bits per heavy atom. The van der Waals surface area contributed by atoms with Crippen LogP contribution in [0, 0.1) is 5.92 Å². The van der Waals surface area contributed by atoms with Crippen LogP contribution in [0.3, 0.4) is 0 Å². The molecule has 2 fully saturated rings. The van der Waals surface area contributed by atoms with Gasteiger partial charge in [-0.25, -0.2) is 13.8 Å². The highest BCUT2D eigenvalue weighted by atomic mass is 35.5. The SMILES string of the molecule is FC1(F)C2COCCC21c1cc(Cl)cc(Cl)n1. The summed E-state index contributed by atoms with van der Waals surface area (Å²) in [5, 5.41) is 0.483. The predicted octanol–water partition coefficient (Wildman–Crippen LogP) is 3.31. The molecule has 2 heterocycles. The summed E-state index contributed by atoms with van der Waals surface area (Å²) < 4.78 is 32.9. The van der Waals surface area contributed by atoms with Crippen molar-refractivity contribution in [2.24, 2.45) is 5.92 Å². The van der Waals surface area contributed by atoms with Crippen LogP contribution in [0.4, 0.5) is 8.78 Å². The number of halogens is 4. The second kappa shape index (κ2) is 3.53. The minimum atomic E-state index is -2.77. The summed E-state index contributed by atoms with van der Waals surface area (Å²) >= 11 is 11.6. The number of pyridine rings is 1. The van der Waals surface area contributed by atoms with Gasteiger partial charge in [0.1, 0.15) is 5.15 Å². The zero-order valence-electron chi connectivity index (χ0n) is 8.72. The molecule has 6 heteroatoms. The van der Waals surface area contributed by atoms with E-state index in [4.69, 9.17) is 27.9 Å². The smallest absolute Gasteiger partial charge is 0.265 e. The second-order valence-corrected chi connectivity index (χ2v) is 5.29. The Labute approximate surface area is 107 Å². The molecular weight excluding hydrogens is 271 g/mol. The average Bonchev–Trinajstić information content (AvgIpc) is 2.77. The van der Waals surface area contributed by atoms with Crippen LogP contribution < -0.4 is 0 Å². The van der Waals surface area contributed by atoms with Crippen LogP contribution in [0.15, 0.2) is 12.1 Å². The molecule has 1 aliphatic heterocycles. The Hall–Kier alpha value is -0.450. The first kappa shape index (κ1) is 11.6. The number of hydrogen-bond donors (Lipinski definition) is 0. The first-order valence-corrected chi connectivity index (χ1v) is 6.03. The lowest BCUT2D eigenvalue weighted by Gasteiger charge is -2.20. The van der Waals surface area contributed by atoms with Gasteiger partial charge in [0, 0.05) is 11.6 Å². The normalized spacial score (nSPS) is 34.2. The van der Waals surface area contributed by atoms with Gasteiger partial charge in [0.25, 0.3) is 5.92 Å². The summed E-state index contributed by atoms with van der Waals surface area (Å²) in [5.74, 6) is -3.57. The molecule has 0 amide bonds. The fourth-order valence-electron chi connectivity index (χ4n) is 2.73. The van der Waals surface area contributed by atoms with Gasteiger partial charge in [-0.15, -0.1) is 0 Å². The fraction of sp³-hybridized carbons (Fsp3) is 0.545. The summed E-state index contributed by atoms with van der Waals surface area (Å²) in [6.07, 6.45) is 0.258. The highest BCUT2D eigenvalue weighted by molar-refractivity contribution is 6.33. The van der Waals surface area contributed by atoms with Crippen molar-refractivity contribution >= 4 is 23.2 Å². The van der Waals surface area contributed by atoms with Gasteiger partial charge in [0.2, 0.25) is 0 Å². The van der Waals surface area contributed by atoms with E-state index in [2.05, 4.69) is 4.98 Å². The molecule has 3 rings (SSSR count). The molecule has 0 bridgehead atoms. The summed E-state index contributed by atoms with van der Waals surface area (Å²) in [7, 11) is 0. The van der Waals surface area contributed by atoms with E-state index in [1.54, 1.807) is 0 Å². The van der Waals surface area contributed by atoms with Gasteiger partial charge < -0.3 is 4.74 Å². The highest BCUT2D eigenvalue weighted by Crippen LogP contribution is 2.69. The van der Waals surface area contributed by atoms with Gasteiger partial charge >= 0.3 is 0 Å². The first-order chi connectivity index (χ1) is 7.98. The molecule has 0 aromatic carbocycles. The molecule has 1 aliphatic carbocycles. The van der Waals surface area contributed by atoms with Crippen LogP contribution in [0.25, 0.3) is 0 Å². The van der Waals surface area contributed by atoms with Crippen LogP contribution in [0.2, 0.25) is 10.2 Å². The van der Waals surface area contributed by atoms with E-state index in [1.165, 1.54) is 12.1 Å². The Bertz CT molecular complexity index is 462. The van der Waals surface area contributed by atoms with Gasteiger partial charge in [0.15, 0.2) is 0 Å². The lowest BCUT2D eigenvalue weighted by molar-refractivity contribution is 0.0660. The standard InChI is InChI=1S/C11H9Cl2F2NO/c12-6-3-8(16-9(13)4-6)10-1-2-17-5-7(10)11(10,14)15/h3-4,7H,1-2,5H2.